The highest BCUT2D eigenvalue weighted by molar-refractivity contribution is 7.99. The van der Waals surface area contributed by atoms with E-state index < -0.39 is 0 Å². The minimum Gasteiger partial charge on any atom is -0.497 e. The highest BCUT2D eigenvalue weighted by atomic mass is 32.2. The number of benzene rings is 1. The maximum absolute atomic E-state index is 13.3. The zero-order valence-electron chi connectivity index (χ0n) is 18.8. The Labute approximate surface area is 197 Å². The number of ether oxygens (including phenoxy) is 2. The zero-order valence-corrected chi connectivity index (χ0v) is 19.6. The maximum Gasteiger partial charge on any atom is 0.233 e. The molecule has 0 bridgehead atoms. The molecule has 1 unspecified atom stereocenters. The van der Waals surface area contributed by atoms with Gasteiger partial charge in [0.05, 0.1) is 26.0 Å². The quantitative estimate of drug-likeness (QED) is 0.462. The van der Waals surface area contributed by atoms with Crippen LogP contribution in [-0.4, -0.2) is 57.1 Å². The number of hydrogen-bond donors (Lipinski definition) is 0. The van der Waals surface area contributed by atoms with Gasteiger partial charge < -0.3 is 14.4 Å². The number of carbonyl (C=O) groups is 1. The van der Waals surface area contributed by atoms with Gasteiger partial charge in [-0.25, -0.2) is 0 Å². The third-order valence-electron chi connectivity index (χ3n) is 6.19. The summed E-state index contributed by atoms with van der Waals surface area (Å²) in [5.41, 5.74) is 1.94. The van der Waals surface area contributed by atoms with E-state index in [0.717, 1.165) is 65.8 Å². The maximum atomic E-state index is 13.3. The van der Waals surface area contributed by atoms with Crippen LogP contribution in [0, 0.1) is 0 Å². The molecule has 0 spiro atoms. The molecule has 33 heavy (non-hydrogen) atoms. The van der Waals surface area contributed by atoms with Crippen molar-refractivity contribution in [1.82, 2.24) is 24.6 Å². The van der Waals surface area contributed by atoms with Gasteiger partial charge in [0.15, 0.2) is 11.0 Å². The average Bonchev–Trinajstić information content (AvgIpc) is 3.41. The molecule has 2 fully saturated rings. The summed E-state index contributed by atoms with van der Waals surface area (Å²) in [6.07, 6.45) is 7.64. The molecule has 9 heteroatoms. The second kappa shape index (κ2) is 9.43. The van der Waals surface area contributed by atoms with E-state index in [0.29, 0.717) is 11.8 Å². The first kappa shape index (κ1) is 21.8. The van der Waals surface area contributed by atoms with E-state index in [-0.39, 0.29) is 11.9 Å². The van der Waals surface area contributed by atoms with E-state index in [1.54, 1.807) is 26.6 Å². The summed E-state index contributed by atoms with van der Waals surface area (Å²) in [5, 5.41) is 9.64. The van der Waals surface area contributed by atoms with Gasteiger partial charge in [-0.2, -0.15) is 0 Å². The van der Waals surface area contributed by atoms with Crippen LogP contribution >= 0.6 is 11.8 Å². The predicted octanol–water partition coefficient (Wildman–Crippen LogP) is 4.15. The lowest BCUT2D eigenvalue weighted by molar-refractivity contribution is -0.129. The van der Waals surface area contributed by atoms with Crippen LogP contribution in [0.1, 0.15) is 43.3 Å². The first-order valence-electron chi connectivity index (χ1n) is 11.2. The number of carbonyl (C=O) groups excluding carboxylic acids is 1. The minimum atomic E-state index is -0.0181. The van der Waals surface area contributed by atoms with Crippen LogP contribution in [0.5, 0.6) is 11.5 Å². The zero-order chi connectivity index (χ0) is 22.8. The van der Waals surface area contributed by atoms with Crippen molar-refractivity contribution < 1.29 is 14.3 Å². The molecule has 5 rings (SSSR count). The van der Waals surface area contributed by atoms with Gasteiger partial charge >= 0.3 is 0 Å². The Morgan fingerprint density at radius 2 is 2.03 bits per heavy atom. The molecular formula is C24H27N5O3S. The van der Waals surface area contributed by atoms with Gasteiger partial charge in [-0.05, 0) is 56.0 Å². The highest BCUT2D eigenvalue weighted by Gasteiger charge is 2.34. The Morgan fingerprint density at radius 3 is 2.76 bits per heavy atom. The van der Waals surface area contributed by atoms with Crippen LogP contribution in [0.2, 0.25) is 0 Å². The largest absolute Gasteiger partial charge is 0.497 e. The topological polar surface area (TPSA) is 82.4 Å². The predicted molar refractivity (Wildman–Crippen MR) is 125 cm³/mol. The number of thioether (sulfide) groups is 1. The van der Waals surface area contributed by atoms with E-state index in [4.69, 9.17) is 9.47 Å². The first-order valence-corrected chi connectivity index (χ1v) is 12.2. The highest BCUT2D eigenvalue weighted by Crippen LogP contribution is 2.42. The summed E-state index contributed by atoms with van der Waals surface area (Å²) in [7, 11) is 3.31. The van der Waals surface area contributed by atoms with E-state index >= 15 is 0 Å². The van der Waals surface area contributed by atoms with Crippen molar-refractivity contribution in [3.05, 3.63) is 48.3 Å². The molecule has 1 atom stereocenters. The fraction of sp³-hybridized carbons (Fsp3) is 0.417. The van der Waals surface area contributed by atoms with Gasteiger partial charge in [0.1, 0.15) is 11.5 Å². The number of amides is 1. The Bertz CT molecular complexity index is 1130. The van der Waals surface area contributed by atoms with Crippen LogP contribution in [0.4, 0.5) is 0 Å². The summed E-state index contributed by atoms with van der Waals surface area (Å²) < 4.78 is 13.2. The van der Waals surface area contributed by atoms with Gasteiger partial charge in [-0.1, -0.05) is 11.8 Å². The van der Waals surface area contributed by atoms with Crippen LogP contribution in [0.3, 0.4) is 0 Å². The Kier molecular flexibility index (Phi) is 6.22. The molecule has 1 aliphatic carbocycles. The molecule has 3 heterocycles. The molecule has 1 amide bonds. The van der Waals surface area contributed by atoms with Crippen molar-refractivity contribution in [3.63, 3.8) is 0 Å². The van der Waals surface area contributed by atoms with Gasteiger partial charge in [-0.15, -0.1) is 10.2 Å². The second-order valence-corrected chi connectivity index (χ2v) is 9.23. The van der Waals surface area contributed by atoms with E-state index in [2.05, 4.69) is 19.7 Å². The molecule has 2 aromatic heterocycles. The van der Waals surface area contributed by atoms with E-state index in [1.807, 2.05) is 35.2 Å². The number of rotatable bonds is 8. The van der Waals surface area contributed by atoms with Crippen LogP contribution in [-0.2, 0) is 4.79 Å². The third kappa shape index (κ3) is 4.42. The van der Waals surface area contributed by atoms with Crippen molar-refractivity contribution in [1.29, 1.82) is 0 Å². The molecule has 1 aromatic carbocycles. The lowest BCUT2D eigenvalue weighted by Gasteiger charge is -2.26. The standard InChI is InChI=1S/C24H27N5O3S/c1-31-18-9-10-21(32-2)19(13-18)20-6-4-12-28(20)22(30)15-33-24-27-26-23(29(24)17-7-8-17)16-5-3-11-25-14-16/h3,5,9-11,13-14,17,20H,4,6-8,12,15H2,1-2H3. The van der Waals surface area contributed by atoms with Crippen LogP contribution < -0.4 is 9.47 Å². The SMILES string of the molecule is COc1ccc(OC)c(C2CCCN2C(=O)CSc2nnc(-c3cccnc3)n2C2CC2)c1. The van der Waals surface area contributed by atoms with Gasteiger partial charge in [0, 0.05) is 36.1 Å². The molecular weight excluding hydrogens is 438 g/mol. The molecule has 0 N–H and O–H groups in total. The molecule has 0 radical (unpaired) electrons. The summed E-state index contributed by atoms with van der Waals surface area (Å²) in [6, 6.07) is 10.0. The van der Waals surface area contributed by atoms with E-state index in [1.165, 1.54) is 11.8 Å². The van der Waals surface area contributed by atoms with Gasteiger partial charge in [0.2, 0.25) is 5.91 Å². The Balaban J connectivity index is 1.33. The van der Waals surface area contributed by atoms with Gasteiger partial charge in [0.25, 0.3) is 0 Å². The fourth-order valence-electron chi connectivity index (χ4n) is 4.43. The number of likely N-dealkylation sites (tertiary alicyclic amines) is 1. The van der Waals surface area contributed by atoms with Crippen molar-refractivity contribution in [2.45, 2.75) is 42.9 Å². The number of methoxy groups -OCH3 is 2. The van der Waals surface area contributed by atoms with E-state index in [9.17, 15) is 4.79 Å². The average molecular weight is 466 g/mol. The molecule has 172 valence electrons. The third-order valence-corrected chi connectivity index (χ3v) is 7.12. The van der Waals surface area contributed by atoms with Crippen molar-refractivity contribution in [2.75, 3.05) is 26.5 Å². The molecule has 1 saturated carbocycles. The second-order valence-electron chi connectivity index (χ2n) is 8.29. The minimum absolute atomic E-state index is 0.0181. The van der Waals surface area contributed by atoms with Crippen molar-refractivity contribution in [3.8, 4) is 22.9 Å². The lowest BCUT2D eigenvalue weighted by atomic mass is 10.0. The molecule has 8 nitrogen and oxygen atoms in total. The van der Waals surface area contributed by atoms with Crippen molar-refractivity contribution >= 4 is 17.7 Å². The first-order chi connectivity index (χ1) is 16.2. The normalized spacial score (nSPS) is 17.9. The molecule has 3 aromatic rings. The molecule has 1 aliphatic heterocycles. The Morgan fingerprint density at radius 1 is 1.15 bits per heavy atom. The smallest absolute Gasteiger partial charge is 0.233 e. The van der Waals surface area contributed by atoms with Gasteiger partial charge in [-0.3, -0.25) is 14.3 Å². The monoisotopic (exact) mass is 465 g/mol. The summed E-state index contributed by atoms with van der Waals surface area (Å²) in [4.78, 5) is 19.5. The summed E-state index contributed by atoms with van der Waals surface area (Å²) >= 11 is 1.46. The number of aromatic nitrogens is 4. The van der Waals surface area contributed by atoms with Crippen molar-refractivity contribution in [2.24, 2.45) is 0 Å². The fourth-order valence-corrected chi connectivity index (χ4v) is 5.32. The number of pyridine rings is 1. The molecule has 2 aliphatic rings. The lowest BCUT2D eigenvalue weighted by Crippen LogP contribution is -2.32. The number of hydrogen-bond acceptors (Lipinski definition) is 7. The Hall–Kier alpha value is -3.07. The summed E-state index contributed by atoms with van der Waals surface area (Å²) in [5.74, 6) is 2.78. The molecule has 1 saturated heterocycles. The van der Waals surface area contributed by atoms with Crippen LogP contribution in [0.15, 0.2) is 47.9 Å². The number of nitrogens with zero attached hydrogens (tertiary/aromatic N) is 5. The summed E-state index contributed by atoms with van der Waals surface area (Å²) in [6.45, 7) is 0.737. The van der Waals surface area contributed by atoms with Crippen LogP contribution in [0.25, 0.3) is 11.4 Å².